The van der Waals surface area contributed by atoms with Crippen LogP contribution in [-0.4, -0.2) is 11.3 Å². The van der Waals surface area contributed by atoms with Crippen molar-refractivity contribution in [1.29, 1.82) is 0 Å². The lowest BCUT2D eigenvalue weighted by atomic mass is 10.1. The number of halogens is 3. The number of carbonyl (C=O) groups is 1. The first kappa shape index (κ1) is 13.3. The number of carbonyl (C=O) groups excluding carboxylic acids is 1. The molecule has 0 aliphatic heterocycles. The maximum atomic E-state index is 12.6. The first-order valence-electron chi connectivity index (χ1n) is 5.52. The van der Waals surface area contributed by atoms with Gasteiger partial charge in [0.15, 0.2) is 6.29 Å². The monoisotopic (exact) mass is 265 g/mol. The lowest BCUT2D eigenvalue weighted by molar-refractivity contribution is -0.137. The molecule has 0 aliphatic rings. The minimum absolute atomic E-state index is 0.371. The van der Waals surface area contributed by atoms with Gasteiger partial charge in [0, 0.05) is 16.8 Å². The molecule has 0 aliphatic carbocycles. The Morgan fingerprint density at radius 1 is 1.16 bits per heavy atom. The summed E-state index contributed by atoms with van der Waals surface area (Å²) in [5.41, 5.74) is 0.981. The molecular weight excluding hydrogens is 255 g/mol. The van der Waals surface area contributed by atoms with E-state index in [0.717, 1.165) is 12.1 Å². The average Bonchev–Trinajstić information content (AvgIpc) is 2.38. The standard InChI is InChI=1S/C14H10F3NO/c1-9-11(8-19)5-6-13(18-9)10-3-2-4-12(7-10)14(15,16)17/h2-8H,1H3. The SMILES string of the molecule is Cc1nc(-c2cccc(C(F)(F)F)c2)ccc1C=O. The van der Waals surface area contributed by atoms with E-state index in [2.05, 4.69) is 4.98 Å². The summed E-state index contributed by atoms with van der Waals surface area (Å²) in [6, 6.07) is 8.02. The van der Waals surface area contributed by atoms with Crippen LogP contribution in [0.15, 0.2) is 36.4 Å². The summed E-state index contributed by atoms with van der Waals surface area (Å²) >= 11 is 0. The highest BCUT2D eigenvalue weighted by molar-refractivity contribution is 5.77. The fourth-order valence-corrected chi connectivity index (χ4v) is 1.71. The van der Waals surface area contributed by atoms with Gasteiger partial charge in [-0.25, -0.2) is 0 Å². The molecule has 0 amide bonds. The molecule has 0 atom stereocenters. The van der Waals surface area contributed by atoms with Crippen molar-refractivity contribution in [1.82, 2.24) is 4.98 Å². The van der Waals surface area contributed by atoms with Gasteiger partial charge in [-0.05, 0) is 31.2 Å². The third-order valence-corrected chi connectivity index (χ3v) is 2.74. The van der Waals surface area contributed by atoms with Crippen molar-refractivity contribution >= 4 is 6.29 Å². The van der Waals surface area contributed by atoms with Crippen LogP contribution >= 0.6 is 0 Å². The minimum atomic E-state index is -4.38. The van der Waals surface area contributed by atoms with Crippen LogP contribution in [0.5, 0.6) is 0 Å². The molecule has 5 heteroatoms. The second-order valence-corrected chi connectivity index (χ2v) is 4.07. The Labute approximate surface area is 107 Å². The molecule has 0 saturated carbocycles. The lowest BCUT2D eigenvalue weighted by Crippen LogP contribution is -2.04. The van der Waals surface area contributed by atoms with Crippen molar-refractivity contribution in [3.05, 3.63) is 53.2 Å². The molecule has 1 heterocycles. The minimum Gasteiger partial charge on any atom is -0.298 e. The second-order valence-electron chi connectivity index (χ2n) is 4.07. The van der Waals surface area contributed by atoms with Gasteiger partial charge < -0.3 is 0 Å². The Balaban J connectivity index is 2.48. The molecule has 0 unspecified atom stereocenters. The molecule has 1 aromatic heterocycles. The number of hydrogen-bond donors (Lipinski definition) is 0. The summed E-state index contributed by atoms with van der Waals surface area (Å²) in [5, 5.41) is 0. The second kappa shape index (κ2) is 4.84. The van der Waals surface area contributed by atoms with Crippen molar-refractivity contribution in [3.63, 3.8) is 0 Å². The van der Waals surface area contributed by atoms with Gasteiger partial charge in [-0.1, -0.05) is 12.1 Å². The summed E-state index contributed by atoms with van der Waals surface area (Å²) in [4.78, 5) is 14.8. The molecule has 2 nitrogen and oxygen atoms in total. The molecule has 1 aromatic carbocycles. The predicted octanol–water partition coefficient (Wildman–Crippen LogP) is 3.89. The van der Waals surface area contributed by atoms with Crippen LogP contribution in [-0.2, 0) is 6.18 Å². The molecule has 0 spiro atoms. The lowest BCUT2D eigenvalue weighted by Gasteiger charge is -2.09. The molecule has 0 N–H and O–H groups in total. The summed E-state index contributed by atoms with van der Waals surface area (Å²) < 4.78 is 37.8. The molecule has 0 radical (unpaired) electrons. The number of pyridine rings is 1. The Kier molecular flexibility index (Phi) is 3.38. The maximum absolute atomic E-state index is 12.6. The van der Waals surface area contributed by atoms with E-state index in [9.17, 15) is 18.0 Å². The smallest absolute Gasteiger partial charge is 0.298 e. The van der Waals surface area contributed by atoms with Crippen LogP contribution in [0.3, 0.4) is 0 Å². The predicted molar refractivity (Wildman–Crippen MR) is 64.8 cm³/mol. The number of aromatic nitrogens is 1. The highest BCUT2D eigenvalue weighted by atomic mass is 19.4. The van der Waals surface area contributed by atoms with Gasteiger partial charge in [0.25, 0.3) is 0 Å². The van der Waals surface area contributed by atoms with Gasteiger partial charge in [-0.3, -0.25) is 9.78 Å². The Hall–Kier alpha value is -2.17. The maximum Gasteiger partial charge on any atom is 0.416 e. The topological polar surface area (TPSA) is 30.0 Å². The van der Waals surface area contributed by atoms with Gasteiger partial charge in [-0.15, -0.1) is 0 Å². The van der Waals surface area contributed by atoms with Gasteiger partial charge in [0.05, 0.1) is 11.3 Å². The van der Waals surface area contributed by atoms with Crippen LogP contribution in [0.25, 0.3) is 11.3 Å². The normalized spacial score (nSPS) is 11.4. The Morgan fingerprint density at radius 3 is 2.47 bits per heavy atom. The van der Waals surface area contributed by atoms with Crippen molar-refractivity contribution < 1.29 is 18.0 Å². The molecule has 98 valence electrons. The van der Waals surface area contributed by atoms with Crippen molar-refractivity contribution in [3.8, 4) is 11.3 Å². The first-order chi connectivity index (χ1) is 8.91. The van der Waals surface area contributed by atoms with Crippen LogP contribution in [0, 0.1) is 6.92 Å². The van der Waals surface area contributed by atoms with E-state index >= 15 is 0 Å². The molecule has 0 saturated heterocycles. The number of nitrogens with zero attached hydrogens (tertiary/aromatic N) is 1. The van der Waals surface area contributed by atoms with Gasteiger partial charge in [0.1, 0.15) is 0 Å². The van der Waals surface area contributed by atoms with E-state index in [1.54, 1.807) is 19.1 Å². The zero-order valence-electron chi connectivity index (χ0n) is 10.0. The van der Waals surface area contributed by atoms with Gasteiger partial charge >= 0.3 is 6.18 Å². The van der Waals surface area contributed by atoms with Crippen molar-refractivity contribution in [2.24, 2.45) is 0 Å². The van der Waals surface area contributed by atoms with E-state index in [0.29, 0.717) is 28.8 Å². The third kappa shape index (κ3) is 2.81. The zero-order chi connectivity index (χ0) is 14.0. The number of alkyl halides is 3. The molecule has 0 bridgehead atoms. The van der Waals surface area contributed by atoms with Crippen LogP contribution in [0.1, 0.15) is 21.6 Å². The highest BCUT2D eigenvalue weighted by Crippen LogP contribution is 2.31. The van der Waals surface area contributed by atoms with Crippen LogP contribution in [0.2, 0.25) is 0 Å². The number of aldehydes is 1. The summed E-state index contributed by atoms with van der Waals surface area (Å²) in [6.07, 6.45) is -3.72. The van der Waals surface area contributed by atoms with E-state index in [-0.39, 0.29) is 0 Å². The summed E-state index contributed by atoms with van der Waals surface area (Å²) in [7, 11) is 0. The molecular formula is C14H10F3NO. The van der Waals surface area contributed by atoms with E-state index in [1.165, 1.54) is 12.1 Å². The largest absolute Gasteiger partial charge is 0.416 e. The van der Waals surface area contributed by atoms with E-state index in [1.807, 2.05) is 0 Å². The fraction of sp³-hybridized carbons (Fsp3) is 0.143. The number of aryl methyl sites for hydroxylation is 1. The van der Waals surface area contributed by atoms with Crippen molar-refractivity contribution in [2.75, 3.05) is 0 Å². The Bertz CT molecular complexity index is 620. The number of benzene rings is 1. The van der Waals surface area contributed by atoms with E-state index in [4.69, 9.17) is 0 Å². The average molecular weight is 265 g/mol. The molecule has 2 rings (SSSR count). The number of hydrogen-bond acceptors (Lipinski definition) is 2. The quantitative estimate of drug-likeness (QED) is 0.771. The van der Waals surface area contributed by atoms with Crippen LogP contribution in [0.4, 0.5) is 13.2 Å². The Morgan fingerprint density at radius 2 is 1.89 bits per heavy atom. The van der Waals surface area contributed by atoms with Gasteiger partial charge in [0.2, 0.25) is 0 Å². The van der Waals surface area contributed by atoms with E-state index < -0.39 is 11.7 Å². The zero-order valence-corrected chi connectivity index (χ0v) is 10.0. The molecule has 19 heavy (non-hydrogen) atoms. The number of rotatable bonds is 2. The van der Waals surface area contributed by atoms with Crippen LogP contribution < -0.4 is 0 Å². The summed E-state index contributed by atoms with van der Waals surface area (Å²) in [6.45, 7) is 1.64. The summed E-state index contributed by atoms with van der Waals surface area (Å²) in [5.74, 6) is 0. The highest BCUT2D eigenvalue weighted by Gasteiger charge is 2.30. The van der Waals surface area contributed by atoms with Crippen molar-refractivity contribution in [2.45, 2.75) is 13.1 Å². The molecule has 0 fully saturated rings. The third-order valence-electron chi connectivity index (χ3n) is 2.74. The fourth-order valence-electron chi connectivity index (χ4n) is 1.71. The van der Waals surface area contributed by atoms with Gasteiger partial charge in [-0.2, -0.15) is 13.2 Å². The molecule has 2 aromatic rings. The first-order valence-corrected chi connectivity index (χ1v) is 5.52.